The maximum Gasteiger partial charge on any atom is 0.240 e. The van der Waals surface area contributed by atoms with E-state index < -0.39 is 47.3 Å². The highest BCUT2D eigenvalue weighted by molar-refractivity contribution is 7.99. The number of hydrogen-bond donors (Lipinski definition) is 5. The lowest BCUT2D eigenvalue weighted by molar-refractivity contribution is -0.205. The Balaban J connectivity index is 1.44. The third-order valence-corrected chi connectivity index (χ3v) is 8.71. The molecule has 3 unspecified atom stereocenters. The molecule has 10 heteroatoms. The first-order valence-electron chi connectivity index (χ1n) is 12.3. The van der Waals surface area contributed by atoms with Gasteiger partial charge in [-0.25, -0.2) is 0 Å². The number of alkyl halides is 1. The molecule has 3 aliphatic heterocycles. The lowest BCUT2D eigenvalue weighted by Crippen LogP contribution is -2.65. The van der Waals surface area contributed by atoms with Gasteiger partial charge in [-0.15, -0.1) is 23.4 Å². The zero-order valence-corrected chi connectivity index (χ0v) is 21.9. The summed E-state index contributed by atoms with van der Waals surface area (Å²) in [6.07, 6.45) is -1.69. The highest BCUT2D eigenvalue weighted by Crippen LogP contribution is 2.36. The molecule has 0 spiro atoms. The van der Waals surface area contributed by atoms with E-state index in [0.29, 0.717) is 19.1 Å². The van der Waals surface area contributed by atoms with E-state index in [1.165, 1.54) is 22.9 Å². The molecular weight excluding hydrogens is 492 g/mol. The number of ether oxygens (including phenoxy) is 2. The Morgan fingerprint density at radius 3 is 2.57 bits per heavy atom. The van der Waals surface area contributed by atoms with Crippen LogP contribution in [0.5, 0.6) is 0 Å². The van der Waals surface area contributed by atoms with Crippen LogP contribution in [-0.2, 0) is 14.3 Å². The molecule has 0 aromatic heterocycles. The first kappa shape index (κ1) is 27.1. The van der Waals surface area contributed by atoms with Gasteiger partial charge in [0.05, 0.1) is 17.5 Å². The first-order chi connectivity index (χ1) is 16.7. The van der Waals surface area contributed by atoms with Gasteiger partial charge in [0.15, 0.2) is 0 Å². The Morgan fingerprint density at radius 2 is 1.91 bits per heavy atom. The van der Waals surface area contributed by atoms with Crippen molar-refractivity contribution in [3.63, 3.8) is 0 Å². The summed E-state index contributed by atoms with van der Waals surface area (Å²) < 4.78 is 12.1. The Morgan fingerprint density at radius 1 is 1.20 bits per heavy atom. The predicted molar refractivity (Wildman–Crippen MR) is 136 cm³/mol. The maximum atomic E-state index is 13.4. The fourth-order valence-electron chi connectivity index (χ4n) is 5.52. The van der Waals surface area contributed by atoms with E-state index in [0.717, 1.165) is 12.8 Å². The van der Waals surface area contributed by atoms with Gasteiger partial charge in [-0.3, -0.25) is 4.79 Å². The Labute approximate surface area is 216 Å². The Kier molecular flexibility index (Phi) is 9.03. The van der Waals surface area contributed by atoms with Crippen LogP contribution >= 0.6 is 23.4 Å². The molecule has 3 heterocycles. The van der Waals surface area contributed by atoms with Crippen molar-refractivity contribution in [3.05, 3.63) is 35.4 Å². The van der Waals surface area contributed by atoms with E-state index in [4.69, 9.17) is 21.1 Å². The summed E-state index contributed by atoms with van der Waals surface area (Å²) in [5, 5.41) is 36.8. The van der Waals surface area contributed by atoms with Crippen molar-refractivity contribution in [2.24, 2.45) is 5.92 Å². The van der Waals surface area contributed by atoms with Gasteiger partial charge in [0, 0.05) is 19.1 Å². The van der Waals surface area contributed by atoms with Crippen molar-refractivity contribution in [2.75, 3.05) is 19.4 Å². The van der Waals surface area contributed by atoms with Crippen LogP contribution in [-0.4, -0.2) is 94.1 Å². The fourth-order valence-corrected chi connectivity index (χ4v) is 6.41. The van der Waals surface area contributed by atoms with Gasteiger partial charge >= 0.3 is 0 Å². The Hall–Kier alpha value is -0.910. The number of nitrogens with one attached hydrogen (secondary N) is 2. The number of rotatable bonds is 6. The molecule has 0 radical (unpaired) electrons. The normalized spacial score (nSPS) is 39.3. The molecule has 4 rings (SSSR count). The zero-order chi connectivity index (χ0) is 25.3. The average molecular weight is 529 g/mol. The third-order valence-electron chi connectivity index (χ3n) is 7.58. The van der Waals surface area contributed by atoms with Gasteiger partial charge in [0.25, 0.3) is 0 Å². The van der Waals surface area contributed by atoms with Crippen LogP contribution < -0.4 is 10.6 Å². The van der Waals surface area contributed by atoms with Crippen LogP contribution in [0.15, 0.2) is 24.3 Å². The molecule has 1 amide bonds. The minimum absolute atomic E-state index is 0.195. The number of fused-ring (bicyclic) bond motifs is 1. The molecule has 5 N–H and O–H groups in total. The van der Waals surface area contributed by atoms with Gasteiger partial charge in [-0.2, -0.15) is 0 Å². The molecule has 0 bridgehead atoms. The van der Waals surface area contributed by atoms with Gasteiger partial charge in [-0.05, 0) is 44.4 Å². The predicted octanol–water partition coefficient (Wildman–Crippen LogP) is 1.13. The summed E-state index contributed by atoms with van der Waals surface area (Å²) in [5.41, 5.74) is 1.79. The molecule has 35 heavy (non-hydrogen) atoms. The van der Waals surface area contributed by atoms with Crippen LogP contribution in [0.3, 0.4) is 0 Å². The zero-order valence-electron chi connectivity index (χ0n) is 20.3. The number of aliphatic hydroxyl groups is 3. The Bertz CT molecular complexity index is 859. The fraction of sp³-hybridized carbons (Fsp3) is 0.720. The second-order valence-corrected chi connectivity index (χ2v) is 11.6. The van der Waals surface area contributed by atoms with Crippen LogP contribution in [0.2, 0.25) is 0 Å². The van der Waals surface area contributed by atoms with Crippen molar-refractivity contribution < 1.29 is 29.6 Å². The number of thioether (sulfide) groups is 1. The molecule has 1 aromatic carbocycles. The van der Waals surface area contributed by atoms with Crippen molar-refractivity contribution in [3.8, 4) is 0 Å². The summed E-state index contributed by atoms with van der Waals surface area (Å²) in [7, 11) is 0. The summed E-state index contributed by atoms with van der Waals surface area (Å²) in [6, 6.07) is 7.30. The van der Waals surface area contributed by atoms with Crippen molar-refractivity contribution >= 4 is 29.3 Å². The molecule has 1 aromatic rings. The average Bonchev–Trinajstić information content (AvgIpc) is 3.12. The molecule has 196 valence electrons. The second kappa shape index (κ2) is 11.6. The molecule has 3 aliphatic rings. The number of benzene rings is 1. The number of carbonyl (C=O) groups excluding carboxylic acids is 1. The largest absolute Gasteiger partial charge is 0.388 e. The standard InChI is InChI=1S/C25H37ClN2O6S/c1-12-4-6-14(7-5-12)15-8-9-33-22-16(10-15)11-27-18(22)24(32)28-17(13(2)26)23-20(30)19(29)21(31)25(34-23)35-3/h4-7,13,15-23,25,27,29-31H,8-11H2,1-3H3,(H,28,32)/t13-,15+,16-,17+,18-,19?,20?,21+,22+,23+,25?/m0/s1. The molecule has 3 fully saturated rings. The lowest BCUT2D eigenvalue weighted by atomic mass is 9.85. The number of carbonyl (C=O) groups is 1. The topological polar surface area (TPSA) is 120 Å². The molecule has 11 atom stereocenters. The van der Waals surface area contributed by atoms with Crippen molar-refractivity contribution in [1.82, 2.24) is 10.6 Å². The SMILES string of the molecule is CSC1O[C@H]([C@H](NC(=O)[C@H]2NC[C@@H]3C[C@H](c4ccc(C)cc4)CCO[C@H]32)[C@H](C)Cl)C(O)C(O)[C@H]1O. The quantitative estimate of drug-likeness (QED) is 0.349. The lowest BCUT2D eigenvalue weighted by Gasteiger charge is -2.44. The second-order valence-electron chi connectivity index (χ2n) is 10.0. The van der Waals surface area contributed by atoms with Crippen LogP contribution in [0.25, 0.3) is 0 Å². The maximum absolute atomic E-state index is 13.4. The number of amides is 1. The monoisotopic (exact) mass is 528 g/mol. The summed E-state index contributed by atoms with van der Waals surface area (Å²) >= 11 is 7.64. The number of aryl methyl sites for hydroxylation is 1. The highest BCUT2D eigenvalue weighted by Gasteiger charge is 2.49. The van der Waals surface area contributed by atoms with Gasteiger partial charge in [0.2, 0.25) is 5.91 Å². The smallest absolute Gasteiger partial charge is 0.240 e. The van der Waals surface area contributed by atoms with E-state index in [1.54, 1.807) is 13.2 Å². The summed E-state index contributed by atoms with van der Waals surface area (Å²) in [6.45, 7) is 5.03. The third kappa shape index (κ3) is 5.83. The van der Waals surface area contributed by atoms with Gasteiger partial charge in [0.1, 0.15) is 35.9 Å². The molecule has 0 saturated carbocycles. The number of halogens is 1. The summed E-state index contributed by atoms with van der Waals surface area (Å²) in [5.74, 6) is 0.300. The first-order valence-corrected chi connectivity index (χ1v) is 14.0. The minimum atomic E-state index is -1.40. The molecule has 0 aliphatic carbocycles. The summed E-state index contributed by atoms with van der Waals surface area (Å²) in [4.78, 5) is 13.4. The van der Waals surface area contributed by atoms with Crippen LogP contribution in [0.4, 0.5) is 0 Å². The van der Waals surface area contributed by atoms with Gasteiger partial charge in [-0.1, -0.05) is 29.8 Å². The molecule has 8 nitrogen and oxygen atoms in total. The highest BCUT2D eigenvalue weighted by atomic mass is 35.5. The minimum Gasteiger partial charge on any atom is -0.388 e. The molecule has 3 saturated heterocycles. The number of hydrogen-bond acceptors (Lipinski definition) is 8. The van der Waals surface area contributed by atoms with Crippen LogP contribution in [0, 0.1) is 12.8 Å². The van der Waals surface area contributed by atoms with E-state index in [-0.39, 0.29) is 17.9 Å². The van der Waals surface area contributed by atoms with E-state index in [2.05, 4.69) is 41.8 Å². The van der Waals surface area contributed by atoms with E-state index in [9.17, 15) is 20.1 Å². The number of aliphatic hydroxyl groups excluding tert-OH is 3. The van der Waals surface area contributed by atoms with E-state index in [1.807, 2.05) is 0 Å². The van der Waals surface area contributed by atoms with Crippen LogP contribution in [0.1, 0.15) is 36.8 Å². The molecular formula is C25H37ClN2O6S. The van der Waals surface area contributed by atoms with Crippen molar-refractivity contribution in [2.45, 2.75) is 86.0 Å². The van der Waals surface area contributed by atoms with Crippen molar-refractivity contribution in [1.29, 1.82) is 0 Å². The van der Waals surface area contributed by atoms with E-state index >= 15 is 0 Å². The van der Waals surface area contributed by atoms with Gasteiger partial charge < -0.3 is 35.4 Å².